The number of fused-ring (bicyclic) bond motifs is 2. The second kappa shape index (κ2) is 7.43. The maximum Gasteiger partial charge on any atom is 0.257 e. The summed E-state index contributed by atoms with van der Waals surface area (Å²) in [6.07, 6.45) is 9.55. The van der Waals surface area contributed by atoms with Crippen molar-refractivity contribution in [3.63, 3.8) is 0 Å². The smallest absolute Gasteiger partial charge is 0.257 e. The maximum atomic E-state index is 12.9. The first kappa shape index (κ1) is 20.0. The van der Waals surface area contributed by atoms with Gasteiger partial charge in [0.05, 0.1) is 35.7 Å². The quantitative estimate of drug-likeness (QED) is 0.623. The van der Waals surface area contributed by atoms with E-state index in [-0.39, 0.29) is 17.9 Å². The molecular weight excluding hydrogens is 416 g/mol. The molecule has 6 rings (SSSR count). The lowest BCUT2D eigenvalue weighted by Gasteiger charge is -2.35. The Balaban J connectivity index is 1.21. The van der Waals surface area contributed by atoms with Crippen LogP contribution in [0.25, 0.3) is 11.1 Å². The highest BCUT2D eigenvalue weighted by molar-refractivity contribution is 5.96. The van der Waals surface area contributed by atoms with Crippen LogP contribution < -0.4 is 9.80 Å². The van der Waals surface area contributed by atoms with Crippen LogP contribution in [0.3, 0.4) is 0 Å². The van der Waals surface area contributed by atoms with Gasteiger partial charge in [0.15, 0.2) is 0 Å². The van der Waals surface area contributed by atoms with Gasteiger partial charge >= 0.3 is 0 Å². The van der Waals surface area contributed by atoms with E-state index in [1.54, 1.807) is 22.0 Å². The number of anilines is 2. The molecule has 1 saturated carbocycles. The van der Waals surface area contributed by atoms with Crippen molar-refractivity contribution in [1.82, 2.24) is 19.7 Å². The summed E-state index contributed by atoms with van der Waals surface area (Å²) in [5.41, 5.74) is 6.13. The molecule has 0 radical (unpaired) electrons. The highest BCUT2D eigenvalue weighted by Crippen LogP contribution is 2.41. The second-order valence-electron chi connectivity index (χ2n) is 9.19. The number of aryl methyl sites for hydroxylation is 2. The molecule has 2 aromatic heterocycles. The highest BCUT2D eigenvalue weighted by atomic mass is 16.2. The van der Waals surface area contributed by atoms with E-state index < -0.39 is 0 Å². The lowest BCUT2D eigenvalue weighted by Crippen LogP contribution is -2.48. The molecule has 2 fully saturated rings. The summed E-state index contributed by atoms with van der Waals surface area (Å²) in [5.74, 6) is 0.235. The molecule has 1 aromatic carbocycles. The van der Waals surface area contributed by atoms with E-state index in [0.717, 1.165) is 41.9 Å². The lowest BCUT2D eigenvalue weighted by atomic mass is 9.96. The molecule has 0 spiro atoms. The molecule has 3 aromatic rings. The largest absolute Gasteiger partial charge is 0.363 e. The standard InChI is InChI=1S/C25H26N6O2/c1-28-15-19(13-27-28)25(33)31-8-7-30(22-11-23(22)31)20-10-18(12-26-14-20)16-3-5-21-17(9-16)4-6-24(32)29(21)2/h3,5,9-10,12-15,22-23H,4,6-8,11H2,1-2H3/t22-,23-/m0/s1. The topological polar surface area (TPSA) is 74.6 Å². The number of pyridine rings is 1. The minimum Gasteiger partial charge on any atom is -0.363 e. The Morgan fingerprint density at radius 1 is 1.00 bits per heavy atom. The Bertz CT molecular complexity index is 1270. The van der Waals surface area contributed by atoms with E-state index in [1.165, 1.54) is 5.56 Å². The molecule has 2 amide bonds. The van der Waals surface area contributed by atoms with Crippen LogP contribution in [0.4, 0.5) is 11.4 Å². The molecule has 0 bridgehead atoms. The van der Waals surface area contributed by atoms with Gasteiger partial charge in [-0.15, -0.1) is 0 Å². The highest BCUT2D eigenvalue weighted by Gasteiger charge is 2.51. The Labute approximate surface area is 192 Å². The van der Waals surface area contributed by atoms with Crippen molar-refractivity contribution in [3.8, 4) is 11.1 Å². The van der Waals surface area contributed by atoms with E-state index in [2.05, 4.69) is 33.2 Å². The van der Waals surface area contributed by atoms with E-state index in [0.29, 0.717) is 24.6 Å². The predicted molar refractivity (Wildman–Crippen MR) is 125 cm³/mol. The number of hydrogen-bond acceptors (Lipinski definition) is 5. The molecule has 1 aliphatic carbocycles. The molecule has 8 nitrogen and oxygen atoms in total. The third-order valence-corrected chi connectivity index (χ3v) is 7.13. The van der Waals surface area contributed by atoms with Gasteiger partial charge < -0.3 is 14.7 Å². The number of carbonyl (C=O) groups excluding carboxylic acids is 2. The Morgan fingerprint density at radius 3 is 2.70 bits per heavy atom. The van der Waals surface area contributed by atoms with Gasteiger partial charge in [-0.25, -0.2) is 0 Å². The molecule has 0 N–H and O–H groups in total. The summed E-state index contributed by atoms with van der Waals surface area (Å²) in [6.45, 7) is 1.48. The van der Waals surface area contributed by atoms with Gasteiger partial charge in [-0.05, 0) is 42.2 Å². The molecule has 2 atom stereocenters. The van der Waals surface area contributed by atoms with Gasteiger partial charge in [0.2, 0.25) is 5.91 Å². The minimum absolute atomic E-state index is 0.0691. The molecule has 8 heteroatoms. The summed E-state index contributed by atoms with van der Waals surface area (Å²) in [4.78, 5) is 35.6. The van der Waals surface area contributed by atoms with Crippen molar-refractivity contribution in [2.24, 2.45) is 7.05 Å². The first-order valence-corrected chi connectivity index (χ1v) is 11.4. The van der Waals surface area contributed by atoms with Crippen molar-refractivity contribution in [1.29, 1.82) is 0 Å². The fourth-order valence-electron chi connectivity index (χ4n) is 5.24. The molecule has 4 heterocycles. The summed E-state index contributed by atoms with van der Waals surface area (Å²) in [6, 6.07) is 9.06. The fraction of sp³-hybridized carbons (Fsp3) is 0.360. The van der Waals surface area contributed by atoms with Gasteiger partial charge in [-0.1, -0.05) is 6.07 Å². The zero-order valence-electron chi connectivity index (χ0n) is 18.8. The SMILES string of the molecule is CN1C(=O)CCc2cc(-c3cncc(N4CCN(C(=O)c5cnn(C)c5)[C@H]5C[C@@H]54)c3)ccc21. The van der Waals surface area contributed by atoms with Crippen molar-refractivity contribution in [3.05, 3.63) is 60.2 Å². The summed E-state index contributed by atoms with van der Waals surface area (Å²) in [7, 11) is 3.67. The van der Waals surface area contributed by atoms with Crippen LogP contribution in [-0.2, 0) is 18.3 Å². The number of nitrogens with zero attached hydrogens (tertiary/aromatic N) is 6. The van der Waals surface area contributed by atoms with E-state index in [1.807, 2.05) is 37.5 Å². The minimum atomic E-state index is 0.0691. The molecular formula is C25H26N6O2. The Morgan fingerprint density at radius 2 is 1.88 bits per heavy atom. The van der Waals surface area contributed by atoms with Crippen molar-refractivity contribution in [2.75, 3.05) is 29.9 Å². The van der Waals surface area contributed by atoms with E-state index >= 15 is 0 Å². The zero-order valence-corrected chi connectivity index (χ0v) is 18.8. The zero-order chi connectivity index (χ0) is 22.7. The summed E-state index contributed by atoms with van der Waals surface area (Å²) < 4.78 is 1.67. The van der Waals surface area contributed by atoms with Crippen LogP contribution in [0.2, 0.25) is 0 Å². The average molecular weight is 443 g/mol. The predicted octanol–water partition coefficient (Wildman–Crippen LogP) is 2.49. The summed E-state index contributed by atoms with van der Waals surface area (Å²) in [5, 5.41) is 4.14. The Kier molecular flexibility index (Phi) is 4.50. The van der Waals surface area contributed by atoms with Gasteiger partial charge in [-0.2, -0.15) is 5.10 Å². The van der Waals surface area contributed by atoms with Crippen LogP contribution in [0, 0.1) is 0 Å². The first-order chi connectivity index (χ1) is 16.0. The number of rotatable bonds is 3. The van der Waals surface area contributed by atoms with Crippen LogP contribution in [0.5, 0.6) is 0 Å². The van der Waals surface area contributed by atoms with Gasteiger partial charge in [0, 0.05) is 57.3 Å². The van der Waals surface area contributed by atoms with Crippen molar-refractivity contribution in [2.45, 2.75) is 31.3 Å². The normalized spacial score (nSPS) is 21.6. The molecule has 2 aliphatic heterocycles. The van der Waals surface area contributed by atoms with Gasteiger partial charge in [0.1, 0.15) is 0 Å². The number of carbonyl (C=O) groups is 2. The lowest BCUT2D eigenvalue weighted by molar-refractivity contribution is -0.118. The van der Waals surface area contributed by atoms with E-state index in [9.17, 15) is 9.59 Å². The first-order valence-electron chi connectivity index (χ1n) is 11.4. The fourth-order valence-corrected chi connectivity index (χ4v) is 5.24. The van der Waals surface area contributed by atoms with Crippen LogP contribution in [0.15, 0.2) is 49.1 Å². The third-order valence-electron chi connectivity index (χ3n) is 7.13. The van der Waals surface area contributed by atoms with Crippen LogP contribution >= 0.6 is 0 Å². The van der Waals surface area contributed by atoms with Crippen molar-refractivity contribution >= 4 is 23.2 Å². The van der Waals surface area contributed by atoms with Crippen LogP contribution in [0.1, 0.15) is 28.8 Å². The number of hydrogen-bond donors (Lipinski definition) is 0. The molecule has 3 aliphatic rings. The van der Waals surface area contributed by atoms with Crippen molar-refractivity contribution < 1.29 is 9.59 Å². The van der Waals surface area contributed by atoms with Gasteiger partial charge in [-0.3, -0.25) is 19.3 Å². The number of aromatic nitrogens is 3. The molecule has 1 saturated heterocycles. The Hall–Kier alpha value is -3.68. The maximum absolute atomic E-state index is 12.9. The van der Waals surface area contributed by atoms with E-state index in [4.69, 9.17) is 0 Å². The van der Waals surface area contributed by atoms with Crippen LogP contribution in [-0.4, -0.2) is 63.7 Å². The monoisotopic (exact) mass is 442 g/mol. The van der Waals surface area contributed by atoms with Gasteiger partial charge in [0.25, 0.3) is 5.91 Å². The molecule has 168 valence electrons. The number of amides is 2. The molecule has 33 heavy (non-hydrogen) atoms. The third kappa shape index (κ3) is 3.37. The number of benzene rings is 1. The second-order valence-corrected chi connectivity index (χ2v) is 9.19. The number of piperazine rings is 1. The average Bonchev–Trinajstić information content (AvgIpc) is 3.53. The molecule has 0 unspecified atom stereocenters. The summed E-state index contributed by atoms with van der Waals surface area (Å²) >= 11 is 0.